The highest BCUT2D eigenvalue weighted by molar-refractivity contribution is 6.05. The summed E-state index contributed by atoms with van der Waals surface area (Å²) >= 11 is 0. The van der Waals surface area contributed by atoms with Gasteiger partial charge in [0.25, 0.3) is 0 Å². The summed E-state index contributed by atoms with van der Waals surface area (Å²) in [5.74, 6) is -0.0985. The third-order valence-electron chi connectivity index (χ3n) is 2.31. The van der Waals surface area contributed by atoms with Crippen molar-refractivity contribution in [3.05, 3.63) is 66.3 Å². The fourth-order valence-electron chi connectivity index (χ4n) is 1.39. The first-order valence-corrected chi connectivity index (χ1v) is 5.15. The maximum Gasteiger partial charge on any atom is 0.178 e. The van der Waals surface area contributed by atoms with E-state index in [9.17, 15) is 4.79 Å². The van der Waals surface area contributed by atoms with Crippen LogP contribution in [0.25, 0.3) is 5.57 Å². The first-order chi connectivity index (χ1) is 7.54. The van der Waals surface area contributed by atoms with Gasteiger partial charge in [0.2, 0.25) is 0 Å². The van der Waals surface area contributed by atoms with Crippen molar-refractivity contribution in [3.8, 4) is 0 Å². The van der Waals surface area contributed by atoms with E-state index in [4.69, 9.17) is 0 Å². The summed E-state index contributed by atoms with van der Waals surface area (Å²) in [6.07, 6.45) is 2.87. The molecule has 0 radical (unpaired) electrons. The van der Waals surface area contributed by atoms with Crippen LogP contribution in [0.2, 0.25) is 0 Å². The number of hydrogen-bond donors (Lipinski definition) is 0. The Kier molecular flexibility index (Phi) is 4.01. The molecule has 1 aromatic rings. The number of allylic oxidation sites excluding steroid dienone is 4. The first kappa shape index (κ1) is 12.2. The van der Waals surface area contributed by atoms with Crippen molar-refractivity contribution in [3.63, 3.8) is 0 Å². The number of rotatable bonds is 4. The molecular weight excluding hydrogens is 196 g/mol. The van der Waals surface area contributed by atoms with Crippen molar-refractivity contribution in [1.29, 1.82) is 0 Å². The number of carbonyl (C=O) groups is 1. The fraction of sp³-hybridized carbons (Fsp3) is 0.133. The molecule has 0 atom stereocenters. The summed E-state index contributed by atoms with van der Waals surface area (Å²) in [5.41, 5.74) is 3.94. The molecule has 0 saturated carbocycles. The van der Waals surface area contributed by atoms with Crippen molar-refractivity contribution >= 4 is 11.4 Å². The number of carbonyl (C=O) groups excluding carboxylic acids is 1. The summed E-state index contributed by atoms with van der Waals surface area (Å²) in [4.78, 5) is 11.3. The molecule has 1 nitrogen and oxygen atoms in total. The Morgan fingerprint density at radius 3 is 2.25 bits per heavy atom. The quantitative estimate of drug-likeness (QED) is 0.549. The molecular formula is C15H16O. The van der Waals surface area contributed by atoms with Crippen molar-refractivity contribution in [1.82, 2.24) is 0 Å². The summed E-state index contributed by atoms with van der Waals surface area (Å²) in [5, 5.41) is 0. The highest BCUT2D eigenvalue weighted by atomic mass is 16.1. The van der Waals surface area contributed by atoms with Crippen LogP contribution in [0, 0.1) is 6.92 Å². The molecule has 0 aliphatic carbocycles. The van der Waals surface area contributed by atoms with Gasteiger partial charge in [-0.1, -0.05) is 48.6 Å². The van der Waals surface area contributed by atoms with Gasteiger partial charge in [0, 0.05) is 0 Å². The van der Waals surface area contributed by atoms with Gasteiger partial charge < -0.3 is 0 Å². The Morgan fingerprint density at radius 1 is 1.25 bits per heavy atom. The lowest BCUT2D eigenvalue weighted by molar-refractivity contribution is -0.110. The third-order valence-corrected chi connectivity index (χ3v) is 2.31. The second-order valence-corrected chi connectivity index (χ2v) is 3.81. The predicted octanol–water partition coefficient (Wildman–Crippen LogP) is 3.71. The maximum atomic E-state index is 11.3. The van der Waals surface area contributed by atoms with Crippen molar-refractivity contribution in [2.75, 3.05) is 0 Å². The van der Waals surface area contributed by atoms with Crippen molar-refractivity contribution in [2.45, 2.75) is 13.8 Å². The molecule has 0 amide bonds. The molecule has 0 aromatic heterocycles. The van der Waals surface area contributed by atoms with E-state index in [2.05, 4.69) is 13.2 Å². The predicted molar refractivity (Wildman–Crippen MR) is 69.2 cm³/mol. The third kappa shape index (κ3) is 3.06. The van der Waals surface area contributed by atoms with E-state index >= 15 is 0 Å². The van der Waals surface area contributed by atoms with Crippen LogP contribution in [0.1, 0.15) is 18.1 Å². The summed E-state index contributed by atoms with van der Waals surface area (Å²) in [7, 11) is 0. The molecule has 0 unspecified atom stereocenters. The van der Waals surface area contributed by atoms with Crippen LogP contribution >= 0.6 is 0 Å². The molecule has 0 fully saturated rings. The first-order valence-electron chi connectivity index (χ1n) is 5.15. The van der Waals surface area contributed by atoms with E-state index in [0.717, 1.165) is 16.7 Å². The molecule has 1 rings (SSSR count). The van der Waals surface area contributed by atoms with Crippen LogP contribution in [0.3, 0.4) is 0 Å². The summed E-state index contributed by atoms with van der Waals surface area (Å²) in [6, 6.07) is 8.02. The number of hydrogen-bond acceptors (Lipinski definition) is 1. The lowest BCUT2D eigenvalue weighted by Gasteiger charge is -2.07. The highest BCUT2D eigenvalue weighted by Gasteiger charge is 2.03. The summed E-state index contributed by atoms with van der Waals surface area (Å²) < 4.78 is 0. The largest absolute Gasteiger partial charge is 0.290 e. The summed E-state index contributed by atoms with van der Waals surface area (Å²) in [6.45, 7) is 11.3. The zero-order valence-electron chi connectivity index (χ0n) is 9.79. The minimum absolute atomic E-state index is 0.0985. The molecule has 0 heterocycles. The lowest BCUT2D eigenvalue weighted by atomic mass is 9.98. The average molecular weight is 212 g/mol. The zero-order chi connectivity index (χ0) is 12.1. The molecule has 0 bridgehead atoms. The second kappa shape index (κ2) is 5.26. The van der Waals surface area contributed by atoms with Gasteiger partial charge in [-0.2, -0.15) is 0 Å². The average Bonchev–Trinajstić information content (AvgIpc) is 2.26. The van der Waals surface area contributed by atoms with Crippen LogP contribution in [-0.4, -0.2) is 5.78 Å². The van der Waals surface area contributed by atoms with E-state index in [0.29, 0.717) is 0 Å². The van der Waals surface area contributed by atoms with Gasteiger partial charge >= 0.3 is 0 Å². The number of ketones is 1. The van der Waals surface area contributed by atoms with Gasteiger partial charge in [0.1, 0.15) is 0 Å². The van der Waals surface area contributed by atoms with Crippen molar-refractivity contribution < 1.29 is 4.79 Å². The van der Waals surface area contributed by atoms with Gasteiger partial charge in [-0.25, -0.2) is 0 Å². The van der Waals surface area contributed by atoms with Gasteiger partial charge in [-0.3, -0.25) is 4.79 Å². The van der Waals surface area contributed by atoms with Crippen LogP contribution < -0.4 is 0 Å². The lowest BCUT2D eigenvalue weighted by Crippen LogP contribution is -1.92. The van der Waals surface area contributed by atoms with Gasteiger partial charge in [0.05, 0.1) is 0 Å². The molecule has 0 spiro atoms. The highest BCUT2D eigenvalue weighted by Crippen LogP contribution is 2.21. The zero-order valence-corrected chi connectivity index (χ0v) is 9.79. The van der Waals surface area contributed by atoms with Crippen LogP contribution in [0.5, 0.6) is 0 Å². The van der Waals surface area contributed by atoms with E-state index in [1.807, 2.05) is 38.1 Å². The Morgan fingerprint density at radius 2 is 1.81 bits per heavy atom. The smallest absolute Gasteiger partial charge is 0.178 e. The SMILES string of the molecule is C=CC(=O)/C=C(\C(=C)C)c1ccc(C)cc1. The topological polar surface area (TPSA) is 17.1 Å². The standard InChI is InChI=1S/C15H16O/c1-5-14(16)10-15(11(2)3)13-8-6-12(4)7-9-13/h5-10H,1-2H2,3-4H3/b15-10+. The molecule has 0 aliphatic rings. The number of benzene rings is 1. The Balaban J connectivity index is 3.18. The number of aryl methyl sites for hydroxylation is 1. The monoisotopic (exact) mass is 212 g/mol. The van der Waals surface area contributed by atoms with Gasteiger partial charge in [0.15, 0.2) is 5.78 Å². The second-order valence-electron chi connectivity index (χ2n) is 3.81. The van der Waals surface area contributed by atoms with Crippen LogP contribution in [-0.2, 0) is 4.79 Å². The van der Waals surface area contributed by atoms with Crippen molar-refractivity contribution in [2.24, 2.45) is 0 Å². The Hall–Kier alpha value is -1.89. The minimum atomic E-state index is -0.0985. The minimum Gasteiger partial charge on any atom is -0.290 e. The normalized spacial score (nSPS) is 11.0. The molecule has 16 heavy (non-hydrogen) atoms. The molecule has 0 saturated heterocycles. The van der Waals surface area contributed by atoms with E-state index < -0.39 is 0 Å². The van der Waals surface area contributed by atoms with Crippen LogP contribution in [0.4, 0.5) is 0 Å². The molecule has 82 valence electrons. The molecule has 1 aromatic carbocycles. The van der Waals surface area contributed by atoms with E-state index in [1.54, 1.807) is 6.08 Å². The maximum absolute atomic E-state index is 11.3. The molecule has 1 heteroatoms. The van der Waals surface area contributed by atoms with Gasteiger partial charge in [-0.05, 0) is 37.1 Å². The van der Waals surface area contributed by atoms with E-state index in [-0.39, 0.29) is 5.78 Å². The van der Waals surface area contributed by atoms with Crippen LogP contribution in [0.15, 0.2) is 55.1 Å². The fourth-order valence-corrected chi connectivity index (χ4v) is 1.39. The Bertz CT molecular complexity index is 447. The molecule has 0 N–H and O–H groups in total. The van der Waals surface area contributed by atoms with E-state index in [1.165, 1.54) is 11.6 Å². The van der Waals surface area contributed by atoms with Gasteiger partial charge in [-0.15, -0.1) is 0 Å². The molecule has 0 aliphatic heterocycles. The Labute approximate surface area is 96.8 Å².